The molecule has 0 atom stereocenters. The molecule has 9 heteroatoms. The minimum atomic E-state index is -0.990. The fraction of sp³-hybridized carbons (Fsp3) is 0.0400. The zero-order valence-corrected chi connectivity index (χ0v) is 17.6. The fourth-order valence-electron chi connectivity index (χ4n) is 3.12. The highest BCUT2D eigenvalue weighted by molar-refractivity contribution is 5.82. The number of nitrogens with zero attached hydrogens (tertiary/aromatic N) is 3. The molecule has 0 saturated carbocycles. The highest BCUT2D eigenvalue weighted by atomic mass is 19.2. The van der Waals surface area contributed by atoms with Crippen molar-refractivity contribution in [1.82, 2.24) is 9.97 Å². The minimum Gasteiger partial charge on any atom is -0.489 e. The highest BCUT2D eigenvalue weighted by Gasteiger charge is 2.13. The van der Waals surface area contributed by atoms with Gasteiger partial charge in [-0.05, 0) is 17.7 Å². The molecule has 0 fully saturated rings. The summed E-state index contributed by atoms with van der Waals surface area (Å²) in [6, 6.07) is 21.3. The Labute approximate surface area is 193 Å². The third-order valence-corrected chi connectivity index (χ3v) is 4.79. The zero-order valence-electron chi connectivity index (χ0n) is 17.6. The number of hydrogen-bond donors (Lipinski definition) is 2. The second-order valence-electron chi connectivity index (χ2n) is 7.05. The zero-order chi connectivity index (χ0) is 23.9. The van der Waals surface area contributed by atoms with Gasteiger partial charge in [0.05, 0.1) is 11.9 Å². The molecule has 0 aliphatic carbocycles. The Bertz CT molecular complexity index is 1450. The van der Waals surface area contributed by atoms with Crippen molar-refractivity contribution >= 4 is 12.2 Å². The molecule has 0 saturated heterocycles. The minimum absolute atomic E-state index is 0.0645. The smallest absolute Gasteiger partial charge is 0.270 e. The number of aromatic nitrogens is 2. The molecule has 34 heavy (non-hydrogen) atoms. The number of anilines is 1. The normalized spacial score (nSPS) is 10.7. The first kappa shape index (κ1) is 22.4. The van der Waals surface area contributed by atoms with Gasteiger partial charge in [-0.1, -0.05) is 54.6 Å². The van der Waals surface area contributed by atoms with Gasteiger partial charge in [-0.15, -0.1) is 0 Å². The average molecular weight is 457 g/mol. The molecule has 4 rings (SSSR count). The Morgan fingerprint density at radius 2 is 1.82 bits per heavy atom. The average Bonchev–Trinajstić information content (AvgIpc) is 2.85. The summed E-state index contributed by atoms with van der Waals surface area (Å²) < 4.78 is 32.0. The van der Waals surface area contributed by atoms with Crippen LogP contribution in [0.5, 0.6) is 5.75 Å². The van der Waals surface area contributed by atoms with Gasteiger partial charge >= 0.3 is 0 Å². The van der Waals surface area contributed by atoms with Crippen molar-refractivity contribution in [2.75, 3.05) is 5.43 Å². The third-order valence-electron chi connectivity index (χ3n) is 4.79. The first-order chi connectivity index (χ1) is 16.5. The molecule has 168 valence electrons. The van der Waals surface area contributed by atoms with Crippen LogP contribution in [0.25, 0.3) is 11.3 Å². The van der Waals surface area contributed by atoms with Crippen molar-refractivity contribution in [3.05, 3.63) is 111 Å². The summed E-state index contributed by atoms with van der Waals surface area (Å²) in [6.07, 6.45) is 1.50. The molecule has 0 aliphatic rings. The second kappa shape index (κ2) is 10.2. The van der Waals surface area contributed by atoms with Gasteiger partial charge < -0.3 is 4.74 Å². The molecule has 7 nitrogen and oxygen atoms in total. The van der Waals surface area contributed by atoms with E-state index in [-0.39, 0.29) is 29.6 Å². The lowest BCUT2D eigenvalue weighted by Gasteiger charge is -2.09. The second-order valence-corrected chi connectivity index (χ2v) is 7.05. The molecule has 0 spiro atoms. The predicted molar refractivity (Wildman–Crippen MR) is 123 cm³/mol. The standard InChI is InChI=1S/C25H17F2N5O2/c26-21-11-10-19(12-22(21)27)34-15-18-9-5-4-8-17(18)14-29-32-25-30-23(16-6-2-1-3-7-16)20(13-28)24(33)31-25/h1-12,14H,15H2,(H2,30,31,32,33). The molecule has 0 unspecified atom stereocenters. The predicted octanol–water partition coefficient (Wildman–Crippen LogP) is 4.61. The number of rotatable bonds is 7. The summed E-state index contributed by atoms with van der Waals surface area (Å²) in [5.74, 6) is -1.68. The van der Waals surface area contributed by atoms with Gasteiger partial charge in [-0.25, -0.2) is 19.2 Å². The van der Waals surface area contributed by atoms with Crippen molar-refractivity contribution in [3.8, 4) is 23.1 Å². The van der Waals surface area contributed by atoms with Gasteiger partial charge in [0.15, 0.2) is 11.6 Å². The Balaban J connectivity index is 1.52. The Kier molecular flexibility index (Phi) is 6.70. The molecular formula is C25H17F2N5O2. The van der Waals surface area contributed by atoms with Crippen LogP contribution in [0.4, 0.5) is 14.7 Å². The Morgan fingerprint density at radius 3 is 2.59 bits per heavy atom. The maximum atomic E-state index is 13.4. The molecule has 0 bridgehead atoms. The Hall–Kier alpha value is -4.84. The van der Waals surface area contributed by atoms with E-state index in [0.29, 0.717) is 11.1 Å². The van der Waals surface area contributed by atoms with Crippen LogP contribution in [0.2, 0.25) is 0 Å². The summed E-state index contributed by atoms with van der Waals surface area (Å²) in [5.41, 5.74) is 4.28. The lowest BCUT2D eigenvalue weighted by atomic mass is 10.1. The number of H-pyrrole nitrogens is 1. The van der Waals surface area contributed by atoms with E-state index in [9.17, 15) is 18.8 Å². The molecule has 2 N–H and O–H groups in total. The number of hydrogen-bond acceptors (Lipinski definition) is 6. The van der Waals surface area contributed by atoms with Gasteiger partial charge in [0.25, 0.3) is 5.56 Å². The maximum absolute atomic E-state index is 13.4. The summed E-state index contributed by atoms with van der Waals surface area (Å²) in [5, 5.41) is 13.5. The van der Waals surface area contributed by atoms with E-state index in [4.69, 9.17) is 4.74 Å². The SMILES string of the molecule is N#Cc1c(-c2ccccc2)nc(NN=Cc2ccccc2COc2ccc(F)c(F)c2)[nH]c1=O. The number of benzene rings is 3. The number of nitrogens with one attached hydrogen (secondary N) is 2. The van der Waals surface area contributed by atoms with Gasteiger partial charge in [-0.3, -0.25) is 9.78 Å². The van der Waals surface area contributed by atoms with Crippen LogP contribution in [0.3, 0.4) is 0 Å². The maximum Gasteiger partial charge on any atom is 0.270 e. The molecule has 0 aliphatic heterocycles. The summed E-state index contributed by atoms with van der Waals surface area (Å²) in [7, 11) is 0. The summed E-state index contributed by atoms with van der Waals surface area (Å²) in [4.78, 5) is 19.2. The van der Waals surface area contributed by atoms with Gasteiger partial charge in [0.2, 0.25) is 5.95 Å². The largest absolute Gasteiger partial charge is 0.489 e. The van der Waals surface area contributed by atoms with Crippen molar-refractivity contribution in [1.29, 1.82) is 5.26 Å². The van der Waals surface area contributed by atoms with Crippen molar-refractivity contribution in [3.63, 3.8) is 0 Å². The first-order valence-electron chi connectivity index (χ1n) is 10.1. The van der Waals surface area contributed by atoms with Gasteiger partial charge in [0, 0.05) is 17.2 Å². The van der Waals surface area contributed by atoms with E-state index < -0.39 is 17.2 Å². The van der Waals surface area contributed by atoms with E-state index in [0.717, 1.165) is 17.7 Å². The number of nitriles is 1. The summed E-state index contributed by atoms with van der Waals surface area (Å²) >= 11 is 0. The van der Waals surface area contributed by atoms with Crippen LogP contribution in [-0.2, 0) is 6.61 Å². The first-order valence-corrected chi connectivity index (χ1v) is 10.1. The van der Waals surface area contributed by atoms with Crippen molar-refractivity contribution in [2.24, 2.45) is 5.10 Å². The number of hydrazone groups is 1. The third kappa shape index (κ3) is 5.14. The van der Waals surface area contributed by atoms with Gasteiger partial charge in [-0.2, -0.15) is 10.4 Å². The fourth-order valence-corrected chi connectivity index (χ4v) is 3.12. The topological polar surface area (TPSA) is 103 Å². The van der Waals surface area contributed by atoms with Crippen LogP contribution < -0.4 is 15.7 Å². The molecule has 0 radical (unpaired) electrons. The number of ether oxygens (including phenoxy) is 1. The molecule has 1 aromatic heterocycles. The van der Waals surface area contributed by atoms with E-state index in [1.165, 1.54) is 12.3 Å². The molecule has 0 amide bonds. The van der Waals surface area contributed by atoms with Crippen LogP contribution in [-0.4, -0.2) is 16.2 Å². The van der Waals surface area contributed by atoms with Crippen molar-refractivity contribution < 1.29 is 13.5 Å². The Morgan fingerprint density at radius 1 is 1.06 bits per heavy atom. The van der Waals surface area contributed by atoms with E-state index >= 15 is 0 Å². The highest BCUT2D eigenvalue weighted by Crippen LogP contribution is 2.20. The van der Waals surface area contributed by atoms with Crippen LogP contribution >= 0.6 is 0 Å². The van der Waals surface area contributed by atoms with Crippen molar-refractivity contribution in [2.45, 2.75) is 6.61 Å². The lowest BCUT2D eigenvalue weighted by Crippen LogP contribution is -2.16. The molecular weight excluding hydrogens is 440 g/mol. The van der Waals surface area contributed by atoms with Gasteiger partial charge in [0.1, 0.15) is 24.0 Å². The molecule has 4 aromatic rings. The lowest BCUT2D eigenvalue weighted by molar-refractivity contribution is 0.303. The van der Waals surface area contributed by atoms with E-state index in [1.807, 2.05) is 12.1 Å². The summed E-state index contributed by atoms with van der Waals surface area (Å²) in [6.45, 7) is 0.0946. The van der Waals surface area contributed by atoms with Crippen LogP contribution in [0, 0.1) is 23.0 Å². The van der Waals surface area contributed by atoms with E-state index in [2.05, 4.69) is 20.5 Å². The van der Waals surface area contributed by atoms with Crippen LogP contribution in [0.1, 0.15) is 16.7 Å². The molecule has 1 heterocycles. The van der Waals surface area contributed by atoms with Crippen LogP contribution in [0.15, 0.2) is 82.7 Å². The monoisotopic (exact) mass is 457 g/mol. The van der Waals surface area contributed by atoms with E-state index in [1.54, 1.807) is 48.5 Å². The quantitative estimate of drug-likeness (QED) is 0.312. The number of halogens is 2. The number of aromatic amines is 1. The molecule has 3 aromatic carbocycles.